The quantitative estimate of drug-likeness (QED) is 0.730. The Morgan fingerprint density at radius 1 is 1.19 bits per heavy atom. The van der Waals surface area contributed by atoms with E-state index in [0.717, 1.165) is 18.4 Å². The maximum atomic E-state index is 12.9. The summed E-state index contributed by atoms with van der Waals surface area (Å²) in [6, 6.07) is 5.41. The van der Waals surface area contributed by atoms with Crippen LogP contribution in [0, 0.1) is 11.6 Å². The standard InChI is InChI=1S/C12H9F2NO/c13-11-2-1-9(5-12(11)14)6-15-4-3-10(7-15)8-16/h1-5,7-8H,6H2. The molecule has 0 amide bonds. The zero-order chi connectivity index (χ0) is 11.5. The van der Waals surface area contributed by atoms with Crippen molar-refractivity contribution in [1.82, 2.24) is 4.57 Å². The van der Waals surface area contributed by atoms with E-state index in [0.29, 0.717) is 17.7 Å². The van der Waals surface area contributed by atoms with E-state index in [1.54, 1.807) is 23.0 Å². The number of halogens is 2. The summed E-state index contributed by atoms with van der Waals surface area (Å²) in [7, 11) is 0. The first-order chi connectivity index (χ1) is 7.69. The minimum atomic E-state index is -0.861. The second kappa shape index (κ2) is 4.26. The molecule has 0 bridgehead atoms. The van der Waals surface area contributed by atoms with Crippen LogP contribution in [-0.2, 0) is 6.54 Å². The van der Waals surface area contributed by atoms with Crippen molar-refractivity contribution < 1.29 is 13.6 Å². The molecular formula is C12H9F2NO. The highest BCUT2D eigenvalue weighted by atomic mass is 19.2. The Morgan fingerprint density at radius 3 is 2.62 bits per heavy atom. The lowest BCUT2D eigenvalue weighted by Crippen LogP contribution is -1.97. The van der Waals surface area contributed by atoms with Crippen molar-refractivity contribution in [3.05, 3.63) is 59.4 Å². The number of aromatic nitrogens is 1. The van der Waals surface area contributed by atoms with Crippen LogP contribution in [0.2, 0.25) is 0 Å². The lowest BCUT2D eigenvalue weighted by Gasteiger charge is -2.03. The lowest BCUT2D eigenvalue weighted by atomic mass is 10.2. The largest absolute Gasteiger partial charge is 0.349 e. The van der Waals surface area contributed by atoms with Gasteiger partial charge in [-0.15, -0.1) is 0 Å². The third-order valence-corrected chi connectivity index (χ3v) is 2.26. The molecule has 1 heterocycles. The van der Waals surface area contributed by atoms with Crippen molar-refractivity contribution in [2.45, 2.75) is 6.54 Å². The van der Waals surface area contributed by atoms with E-state index in [9.17, 15) is 13.6 Å². The number of carbonyl (C=O) groups excluding carboxylic acids is 1. The monoisotopic (exact) mass is 221 g/mol. The van der Waals surface area contributed by atoms with Gasteiger partial charge in [-0.05, 0) is 23.8 Å². The highest BCUT2D eigenvalue weighted by Gasteiger charge is 2.03. The Morgan fingerprint density at radius 2 is 2.00 bits per heavy atom. The molecule has 0 aliphatic heterocycles. The molecule has 4 heteroatoms. The Labute approximate surface area is 91.1 Å². The van der Waals surface area contributed by atoms with Gasteiger partial charge in [0.2, 0.25) is 0 Å². The fourth-order valence-corrected chi connectivity index (χ4v) is 1.48. The summed E-state index contributed by atoms with van der Waals surface area (Å²) in [5.74, 6) is -1.72. The number of nitrogens with zero attached hydrogens (tertiary/aromatic N) is 1. The Hall–Kier alpha value is -1.97. The average molecular weight is 221 g/mol. The minimum absolute atomic E-state index is 0.408. The molecule has 0 saturated heterocycles. The second-order valence-electron chi connectivity index (χ2n) is 3.48. The van der Waals surface area contributed by atoms with Gasteiger partial charge in [-0.25, -0.2) is 8.78 Å². The van der Waals surface area contributed by atoms with E-state index in [1.807, 2.05) is 0 Å². The summed E-state index contributed by atoms with van der Waals surface area (Å²) in [6.45, 7) is 0.408. The van der Waals surface area contributed by atoms with Crippen molar-refractivity contribution in [3.63, 3.8) is 0 Å². The van der Waals surface area contributed by atoms with Gasteiger partial charge < -0.3 is 4.57 Å². The van der Waals surface area contributed by atoms with Gasteiger partial charge in [-0.2, -0.15) is 0 Å². The Kier molecular flexibility index (Phi) is 2.81. The van der Waals surface area contributed by atoms with Crippen LogP contribution in [-0.4, -0.2) is 10.9 Å². The van der Waals surface area contributed by atoms with Crippen molar-refractivity contribution in [1.29, 1.82) is 0 Å². The second-order valence-corrected chi connectivity index (χ2v) is 3.48. The maximum absolute atomic E-state index is 12.9. The molecule has 0 radical (unpaired) electrons. The number of hydrogen-bond acceptors (Lipinski definition) is 1. The molecule has 0 N–H and O–H groups in total. The zero-order valence-corrected chi connectivity index (χ0v) is 8.36. The van der Waals surface area contributed by atoms with Crippen LogP contribution in [0.25, 0.3) is 0 Å². The first kappa shape index (κ1) is 10.5. The SMILES string of the molecule is O=Cc1ccn(Cc2ccc(F)c(F)c2)c1. The topological polar surface area (TPSA) is 22.0 Å². The first-order valence-corrected chi connectivity index (χ1v) is 4.74. The number of rotatable bonds is 3. The molecule has 1 aromatic heterocycles. The average Bonchev–Trinajstić information content (AvgIpc) is 2.71. The molecule has 16 heavy (non-hydrogen) atoms. The lowest BCUT2D eigenvalue weighted by molar-refractivity contribution is 0.112. The van der Waals surface area contributed by atoms with Crippen LogP contribution in [0.1, 0.15) is 15.9 Å². The normalized spacial score (nSPS) is 10.4. The van der Waals surface area contributed by atoms with Gasteiger partial charge in [0.25, 0.3) is 0 Å². The number of benzene rings is 1. The first-order valence-electron chi connectivity index (χ1n) is 4.74. The van der Waals surface area contributed by atoms with Crippen molar-refractivity contribution in [3.8, 4) is 0 Å². The zero-order valence-electron chi connectivity index (χ0n) is 8.36. The van der Waals surface area contributed by atoms with Crippen LogP contribution < -0.4 is 0 Å². The smallest absolute Gasteiger partial charge is 0.159 e. The molecule has 0 spiro atoms. The molecule has 1 aromatic carbocycles. The highest BCUT2D eigenvalue weighted by Crippen LogP contribution is 2.10. The van der Waals surface area contributed by atoms with Gasteiger partial charge in [0.15, 0.2) is 17.9 Å². The molecule has 82 valence electrons. The minimum Gasteiger partial charge on any atom is -0.349 e. The van der Waals surface area contributed by atoms with Crippen LogP contribution >= 0.6 is 0 Å². The predicted molar refractivity (Wildman–Crippen MR) is 55.3 cm³/mol. The fraction of sp³-hybridized carbons (Fsp3) is 0.0833. The van der Waals surface area contributed by atoms with E-state index < -0.39 is 11.6 Å². The summed E-state index contributed by atoms with van der Waals surface area (Å²) in [5.41, 5.74) is 1.20. The van der Waals surface area contributed by atoms with E-state index in [-0.39, 0.29) is 0 Å². The molecule has 2 nitrogen and oxygen atoms in total. The fourth-order valence-electron chi connectivity index (χ4n) is 1.48. The number of carbonyl (C=O) groups is 1. The van der Waals surface area contributed by atoms with E-state index in [2.05, 4.69) is 0 Å². The summed E-state index contributed by atoms with van der Waals surface area (Å²) < 4.78 is 27.3. The third kappa shape index (κ3) is 2.16. The van der Waals surface area contributed by atoms with Gasteiger partial charge >= 0.3 is 0 Å². The molecule has 0 atom stereocenters. The summed E-state index contributed by atoms with van der Waals surface area (Å²) in [6.07, 6.45) is 4.10. The molecule has 0 fully saturated rings. The van der Waals surface area contributed by atoms with Gasteiger partial charge in [-0.1, -0.05) is 6.07 Å². The Balaban J connectivity index is 2.20. The summed E-state index contributed by atoms with van der Waals surface area (Å²) in [5, 5.41) is 0. The van der Waals surface area contributed by atoms with Crippen molar-refractivity contribution >= 4 is 6.29 Å². The van der Waals surface area contributed by atoms with Gasteiger partial charge in [0.1, 0.15) is 0 Å². The Bertz CT molecular complexity index is 519. The van der Waals surface area contributed by atoms with E-state index in [4.69, 9.17) is 0 Å². The van der Waals surface area contributed by atoms with Crippen LogP contribution in [0.5, 0.6) is 0 Å². The molecule has 2 aromatic rings. The van der Waals surface area contributed by atoms with E-state index in [1.165, 1.54) is 6.07 Å². The molecule has 0 saturated carbocycles. The van der Waals surface area contributed by atoms with Gasteiger partial charge in [0, 0.05) is 24.5 Å². The van der Waals surface area contributed by atoms with Crippen LogP contribution in [0.3, 0.4) is 0 Å². The summed E-state index contributed by atoms with van der Waals surface area (Å²) >= 11 is 0. The van der Waals surface area contributed by atoms with Gasteiger partial charge in [-0.3, -0.25) is 4.79 Å². The predicted octanol–water partition coefficient (Wildman–Crippen LogP) is 2.63. The van der Waals surface area contributed by atoms with Crippen molar-refractivity contribution in [2.24, 2.45) is 0 Å². The number of hydrogen-bond donors (Lipinski definition) is 0. The number of aldehydes is 1. The molecular weight excluding hydrogens is 212 g/mol. The summed E-state index contributed by atoms with van der Waals surface area (Å²) in [4.78, 5) is 10.4. The van der Waals surface area contributed by atoms with E-state index >= 15 is 0 Å². The molecule has 2 rings (SSSR count). The third-order valence-electron chi connectivity index (χ3n) is 2.26. The maximum Gasteiger partial charge on any atom is 0.159 e. The van der Waals surface area contributed by atoms with Crippen molar-refractivity contribution in [2.75, 3.05) is 0 Å². The van der Waals surface area contributed by atoms with Gasteiger partial charge in [0.05, 0.1) is 0 Å². The molecule has 0 aliphatic carbocycles. The molecule has 0 unspecified atom stereocenters. The highest BCUT2D eigenvalue weighted by molar-refractivity contribution is 5.74. The van der Waals surface area contributed by atoms with Crippen LogP contribution in [0.4, 0.5) is 8.78 Å². The van der Waals surface area contributed by atoms with Crippen LogP contribution in [0.15, 0.2) is 36.7 Å². The molecule has 0 aliphatic rings.